The fraction of sp³-hybridized carbons (Fsp3) is 0.676. The molecule has 1 heterocycles. The number of aliphatic imine (C=N–C) groups is 1. The largest absolute Gasteiger partial charge is 0.452 e. The van der Waals surface area contributed by atoms with Crippen molar-refractivity contribution in [3.8, 4) is 0 Å². The summed E-state index contributed by atoms with van der Waals surface area (Å²) in [6.07, 6.45) is 6.40. The molecule has 1 saturated carbocycles. The molecular weight excluding hydrogens is 704 g/mol. The summed E-state index contributed by atoms with van der Waals surface area (Å²) in [7, 11) is 0. The first-order valence-electron chi connectivity index (χ1n) is 18.8. The maximum atomic E-state index is 13.4. The van der Waals surface area contributed by atoms with Crippen LogP contribution in [0.3, 0.4) is 0 Å². The number of esters is 1. The summed E-state index contributed by atoms with van der Waals surface area (Å²) in [5.74, 6) is -2.85. The Hall–Kier alpha value is -3.95. The minimum atomic E-state index is -1.07. The Morgan fingerprint density at radius 2 is 1.74 bits per heavy atom. The van der Waals surface area contributed by atoms with E-state index in [1.807, 2.05) is 20.8 Å². The van der Waals surface area contributed by atoms with Crippen LogP contribution < -0.4 is 32.7 Å². The highest BCUT2D eigenvalue weighted by molar-refractivity contribution is 6.39. The van der Waals surface area contributed by atoms with Crippen LogP contribution in [0.15, 0.2) is 29.3 Å². The number of halogens is 1. The number of anilines is 1. The molecule has 1 spiro atoms. The zero-order valence-electron chi connectivity index (χ0n) is 31.5. The quantitative estimate of drug-likeness (QED) is 0.0398. The summed E-state index contributed by atoms with van der Waals surface area (Å²) in [5.41, 5.74) is 10.8. The van der Waals surface area contributed by atoms with Gasteiger partial charge >= 0.3 is 17.8 Å². The van der Waals surface area contributed by atoms with Crippen molar-refractivity contribution in [3.63, 3.8) is 0 Å². The first kappa shape index (κ1) is 43.5. The van der Waals surface area contributed by atoms with Crippen LogP contribution in [0.2, 0.25) is 5.02 Å². The van der Waals surface area contributed by atoms with E-state index in [-0.39, 0.29) is 54.9 Å². The third-order valence-electron chi connectivity index (χ3n) is 9.78. The van der Waals surface area contributed by atoms with Gasteiger partial charge in [-0.3, -0.25) is 33.9 Å². The molecule has 0 radical (unpaired) electrons. The van der Waals surface area contributed by atoms with Crippen molar-refractivity contribution in [2.75, 3.05) is 44.6 Å². The van der Waals surface area contributed by atoms with Gasteiger partial charge in [0.05, 0.1) is 12.0 Å². The Bertz CT molecular complexity index is 1400. The lowest BCUT2D eigenvalue weighted by atomic mass is 9.73. The average Bonchev–Trinajstić information content (AvgIpc) is 3.10. The summed E-state index contributed by atoms with van der Waals surface area (Å²) in [6.45, 7) is 8.63. The van der Waals surface area contributed by atoms with Crippen LogP contribution in [0.5, 0.6) is 0 Å². The number of carbonyl (C=O) groups excluding carboxylic acids is 5. The highest BCUT2D eigenvalue weighted by Gasteiger charge is 2.43. The molecular formula is C37H59ClN8O7. The van der Waals surface area contributed by atoms with E-state index in [2.05, 4.69) is 31.2 Å². The van der Waals surface area contributed by atoms with E-state index in [1.165, 1.54) is 0 Å². The monoisotopic (exact) mass is 762 g/mol. The Morgan fingerprint density at radius 3 is 2.42 bits per heavy atom. The SMILES string of the molecule is CCOC(C)(C)CCNC(=O)CCC(=O)OC(CCCN=C(N)N)C(=O)NCCN1CCC(NC(=O)C(=O)Nc2ccc(Cl)cc2)CC12CCCCC2. The lowest BCUT2D eigenvalue weighted by molar-refractivity contribution is -0.157. The van der Waals surface area contributed by atoms with Gasteiger partial charge in [0.1, 0.15) is 0 Å². The number of carbonyl (C=O) groups is 5. The lowest BCUT2D eigenvalue weighted by Gasteiger charge is -2.52. The van der Waals surface area contributed by atoms with Gasteiger partial charge in [-0.15, -0.1) is 0 Å². The highest BCUT2D eigenvalue weighted by Crippen LogP contribution is 2.40. The number of hydrogen-bond acceptors (Lipinski definition) is 9. The third kappa shape index (κ3) is 15.5. The van der Waals surface area contributed by atoms with Crippen molar-refractivity contribution in [1.82, 2.24) is 20.9 Å². The van der Waals surface area contributed by atoms with Gasteiger partial charge in [-0.2, -0.15) is 0 Å². The average molecular weight is 763 g/mol. The van der Waals surface area contributed by atoms with Gasteiger partial charge in [0.25, 0.3) is 5.91 Å². The molecule has 15 nitrogen and oxygen atoms in total. The Labute approximate surface area is 318 Å². The third-order valence-corrected chi connectivity index (χ3v) is 10.0. The molecule has 0 bridgehead atoms. The van der Waals surface area contributed by atoms with Crippen LogP contribution in [0, 0.1) is 0 Å². The molecule has 1 aliphatic carbocycles. The first-order chi connectivity index (χ1) is 25.2. The molecule has 3 rings (SSSR count). The smallest absolute Gasteiger partial charge is 0.313 e. The summed E-state index contributed by atoms with van der Waals surface area (Å²) < 4.78 is 11.2. The van der Waals surface area contributed by atoms with Crippen molar-refractivity contribution >= 4 is 52.8 Å². The summed E-state index contributed by atoms with van der Waals surface area (Å²) in [5, 5.41) is 11.8. The zero-order valence-corrected chi connectivity index (χ0v) is 32.2. The van der Waals surface area contributed by atoms with E-state index in [9.17, 15) is 24.0 Å². The molecule has 1 aliphatic heterocycles. The minimum absolute atomic E-state index is 0.0677. The number of guanidine groups is 1. The van der Waals surface area contributed by atoms with Crippen LogP contribution in [-0.4, -0.2) is 103 Å². The van der Waals surface area contributed by atoms with E-state index >= 15 is 0 Å². The van der Waals surface area contributed by atoms with Crippen LogP contribution in [0.25, 0.3) is 0 Å². The zero-order chi connectivity index (χ0) is 38.9. The number of hydrogen-bond donors (Lipinski definition) is 6. The molecule has 2 atom stereocenters. The van der Waals surface area contributed by atoms with Crippen molar-refractivity contribution in [1.29, 1.82) is 0 Å². The minimum Gasteiger partial charge on any atom is -0.452 e. The van der Waals surface area contributed by atoms with Crippen molar-refractivity contribution < 1.29 is 33.4 Å². The molecule has 4 amide bonds. The molecule has 1 saturated heterocycles. The fourth-order valence-electron chi connectivity index (χ4n) is 7.06. The predicted octanol–water partition coefficient (Wildman–Crippen LogP) is 2.75. The number of ether oxygens (including phenoxy) is 2. The molecule has 2 aliphatic rings. The number of nitrogens with one attached hydrogen (secondary N) is 4. The summed E-state index contributed by atoms with van der Waals surface area (Å²) in [6, 6.07) is 6.38. The predicted molar refractivity (Wildman–Crippen MR) is 204 cm³/mol. The molecule has 8 N–H and O–H groups in total. The second-order valence-corrected chi connectivity index (χ2v) is 14.8. The van der Waals surface area contributed by atoms with Gasteiger partial charge in [0, 0.05) is 68.0 Å². The Morgan fingerprint density at radius 1 is 1.02 bits per heavy atom. The molecule has 16 heteroatoms. The van der Waals surface area contributed by atoms with E-state index in [4.69, 9.17) is 32.5 Å². The maximum absolute atomic E-state index is 13.4. The molecule has 1 aromatic rings. The van der Waals surface area contributed by atoms with Gasteiger partial charge in [-0.1, -0.05) is 30.9 Å². The number of benzene rings is 1. The van der Waals surface area contributed by atoms with Crippen LogP contribution in [0.4, 0.5) is 5.69 Å². The lowest BCUT2D eigenvalue weighted by Crippen LogP contribution is -2.60. The van der Waals surface area contributed by atoms with Crippen molar-refractivity contribution in [2.24, 2.45) is 16.5 Å². The van der Waals surface area contributed by atoms with E-state index < -0.39 is 29.8 Å². The number of likely N-dealkylation sites (tertiary alicyclic amines) is 1. The summed E-state index contributed by atoms with van der Waals surface area (Å²) >= 11 is 5.92. The van der Waals surface area contributed by atoms with E-state index in [1.54, 1.807) is 24.3 Å². The number of rotatable bonds is 19. The van der Waals surface area contributed by atoms with Crippen LogP contribution in [-0.2, 0) is 33.4 Å². The summed E-state index contributed by atoms with van der Waals surface area (Å²) in [4.78, 5) is 70.3. The van der Waals surface area contributed by atoms with Crippen molar-refractivity contribution in [3.05, 3.63) is 29.3 Å². The van der Waals surface area contributed by atoms with Crippen LogP contribution >= 0.6 is 11.6 Å². The Balaban J connectivity index is 1.52. The van der Waals surface area contributed by atoms with E-state index in [0.29, 0.717) is 69.2 Å². The highest BCUT2D eigenvalue weighted by atomic mass is 35.5. The Kier molecular flexibility index (Phi) is 17.8. The number of nitrogens with zero attached hydrogens (tertiary/aromatic N) is 2. The number of nitrogens with two attached hydrogens (primary N) is 2. The second kappa shape index (κ2) is 21.7. The molecule has 53 heavy (non-hydrogen) atoms. The van der Waals surface area contributed by atoms with Gasteiger partial charge < -0.3 is 42.2 Å². The van der Waals surface area contributed by atoms with Gasteiger partial charge in [0.2, 0.25) is 5.91 Å². The van der Waals surface area contributed by atoms with Gasteiger partial charge in [0.15, 0.2) is 12.1 Å². The molecule has 296 valence electrons. The maximum Gasteiger partial charge on any atom is 0.313 e. The van der Waals surface area contributed by atoms with Crippen molar-refractivity contribution in [2.45, 2.75) is 121 Å². The first-order valence-corrected chi connectivity index (χ1v) is 19.2. The second-order valence-electron chi connectivity index (χ2n) is 14.4. The fourth-order valence-corrected chi connectivity index (χ4v) is 7.18. The molecule has 2 unspecified atom stereocenters. The standard InChI is InChI=1S/C37H59ClN8O7/c1-4-52-36(2,3)19-21-41-30(47)14-15-31(48)53-29(9-8-20-43-35(39)40)32(49)42-22-24-46-23-16-28(25-37(46)17-6-5-7-18-37)45-34(51)33(50)44-27-12-10-26(38)11-13-27/h10-13,28-29H,4-9,14-25H2,1-3H3,(H,41,47)(H,42,49)(H,44,50)(H,45,51)(H4,39,40,43). The molecule has 2 fully saturated rings. The van der Waals surface area contributed by atoms with Crippen LogP contribution in [0.1, 0.15) is 97.8 Å². The number of piperidine rings is 1. The normalized spacial score (nSPS) is 17.6. The topological polar surface area (TPSA) is 220 Å². The van der Waals surface area contributed by atoms with Gasteiger partial charge in [-0.05, 0) is 90.0 Å². The molecule has 1 aromatic carbocycles. The number of amides is 4. The molecule has 0 aromatic heterocycles. The van der Waals surface area contributed by atoms with Gasteiger partial charge in [-0.25, -0.2) is 0 Å². The van der Waals surface area contributed by atoms with E-state index in [0.717, 1.165) is 32.1 Å².